The van der Waals surface area contributed by atoms with Crippen molar-refractivity contribution < 1.29 is 14.5 Å². The monoisotopic (exact) mass is 290 g/mol. The molecule has 2 unspecified atom stereocenters. The van der Waals surface area contributed by atoms with Crippen LogP contribution in [0.1, 0.15) is 25.3 Å². The van der Waals surface area contributed by atoms with Crippen LogP contribution in [0.3, 0.4) is 0 Å². The lowest BCUT2D eigenvalue weighted by Crippen LogP contribution is -2.40. The molecule has 0 spiro atoms. The number of nitrogens with one attached hydrogen (secondary N) is 1. The fourth-order valence-electron chi connectivity index (χ4n) is 2.32. The molecule has 21 heavy (non-hydrogen) atoms. The highest BCUT2D eigenvalue weighted by Crippen LogP contribution is 2.19. The van der Waals surface area contributed by atoms with E-state index in [-0.39, 0.29) is 23.7 Å². The summed E-state index contributed by atoms with van der Waals surface area (Å²) in [5, 5.41) is 13.7. The number of benzene rings is 1. The zero-order valence-electron chi connectivity index (χ0n) is 11.8. The normalized spacial score (nSPS) is 19.6. The molecular formula is C15H18N2O4. The van der Waals surface area contributed by atoms with E-state index >= 15 is 0 Å². The van der Waals surface area contributed by atoms with Crippen molar-refractivity contribution in [2.75, 3.05) is 6.61 Å². The van der Waals surface area contributed by atoms with Gasteiger partial charge in [0.1, 0.15) is 0 Å². The first-order valence-corrected chi connectivity index (χ1v) is 6.91. The van der Waals surface area contributed by atoms with E-state index in [9.17, 15) is 14.9 Å². The van der Waals surface area contributed by atoms with Gasteiger partial charge in [-0.05, 0) is 31.9 Å². The summed E-state index contributed by atoms with van der Waals surface area (Å²) in [6.45, 7) is 2.63. The van der Waals surface area contributed by atoms with E-state index in [1.165, 1.54) is 18.2 Å². The maximum atomic E-state index is 11.8. The van der Waals surface area contributed by atoms with Crippen LogP contribution in [0.5, 0.6) is 0 Å². The molecule has 0 saturated carbocycles. The van der Waals surface area contributed by atoms with Gasteiger partial charge in [-0.1, -0.05) is 12.1 Å². The molecule has 1 N–H and O–H groups in total. The van der Waals surface area contributed by atoms with Gasteiger partial charge in [-0.2, -0.15) is 0 Å². The van der Waals surface area contributed by atoms with Crippen molar-refractivity contribution in [2.45, 2.75) is 31.9 Å². The molecule has 0 aliphatic carbocycles. The van der Waals surface area contributed by atoms with Crippen LogP contribution in [0.2, 0.25) is 0 Å². The number of nitrogens with zero attached hydrogens (tertiary/aromatic N) is 1. The number of carbonyl (C=O) groups excluding carboxylic acids is 1. The molecule has 112 valence electrons. The third-order valence-corrected chi connectivity index (χ3v) is 3.44. The molecule has 1 amide bonds. The first kappa shape index (κ1) is 15.2. The SMILES string of the molecule is CC(NC(=O)C=Cc1ccccc1[N+](=O)[O-])C1CCCO1. The molecule has 1 saturated heterocycles. The lowest BCUT2D eigenvalue weighted by Gasteiger charge is -2.18. The minimum Gasteiger partial charge on any atom is -0.376 e. The third-order valence-electron chi connectivity index (χ3n) is 3.44. The molecular weight excluding hydrogens is 272 g/mol. The molecule has 0 aromatic heterocycles. The third kappa shape index (κ3) is 4.13. The van der Waals surface area contributed by atoms with Crippen molar-refractivity contribution in [3.8, 4) is 0 Å². The summed E-state index contributed by atoms with van der Waals surface area (Å²) < 4.78 is 5.50. The van der Waals surface area contributed by atoms with Gasteiger partial charge in [0.05, 0.1) is 22.6 Å². The number of nitro groups is 1. The molecule has 2 atom stereocenters. The Kier molecular flexibility index (Phi) is 5.05. The smallest absolute Gasteiger partial charge is 0.276 e. The Morgan fingerprint density at radius 1 is 1.52 bits per heavy atom. The average Bonchev–Trinajstić information content (AvgIpc) is 2.99. The fourth-order valence-corrected chi connectivity index (χ4v) is 2.32. The lowest BCUT2D eigenvalue weighted by molar-refractivity contribution is -0.385. The number of carbonyl (C=O) groups is 1. The molecule has 1 aromatic rings. The molecule has 1 aliphatic heterocycles. The van der Waals surface area contributed by atoms with E-state index in [4.69, 9.17) is 4.74 Å². The largest absolute Gasteiger partial charge is 0.376 e. The molecule has 1 aliphatic rings. The van der Waals surface area contributed by atoms with Crippen molar-refractivity contribution in [3.05, 3.63) is 46.0 Å². The fraction of sp³-hybridized carbons (Fsp3) is 0.400. The van der Waals surface area contributed by atoms with E-state index in [1.54, 1.807) is 18.2 Å². The molecule has 6 nitrogen and oxygen atoms in total. The standard InChI is InChI=1S/C15H18N2O4/c1-11(14-7-4-10-21-14)16-15(18)9-8-12-5-2-3-6-13(12)17(19)20/h2-3,5-6,8-9,11,14H,4,7,10H2,1H3,(H,16,18). The second-order valence-electron chi connectivity index (χ2n) is 5.00. The van der Waals surface area contributed by atoms with Crippen LogP contribution in [-0.4, -0.2) is 29.6 Å². The lowest BCUT2D eigenvalue weighted by atomic mass is 10.1. The van der Waals surface area contributed by atoms with Crippen LogP contribution in [-0.2, 0) is 9.53 Å². The van der Waals surface area contributed by atoms with Gasteiger partial charge >= 0.3 is 0 Å². The Labute approximate surface area is 122 Å². The summed E-state index contributed by atoms with van der Waals surface area (Å²) in [7, 11) is 0. The topological polar surface area (TPSA) is 81.5 Å². The predicted octanol–water partition coefficient (Wildman–Crippen LogP) is 2.29. The van der Waals surface area contributed by atoms with Crippen molar-refractivity contribution in [1.29, 1.82) is 0 Å². The summed E-state index contributed by atoms with van der Waals surface area (Å²) in [4.78, 5) is 22.2. The minimum atomic E-state index is -0.466. The molecule has 1 fully saturated rings. The number of nitro benzene ring substituents is 1. The summed E-state index contributed by atoms with van der Waals surface area (Å²) in [6, 6.07) is 6.22. The molecule has 1 aromatic carbocycles. The van der Waals surface area contributed by atoms with Crippen LogP contribution in [0.15, 0.2) is 30.3 Å². The van der Waals surface area contributed by atoms with Crippen molar-refractivity contribution >= 4 is 17.7 Å². The van der Waals surface area contributed by atoms with Crippen LogP contribution in [0.25, 0.3) is 6.08 Å². The van der Waals surface area contributed by atoms with Gasteiger partial charge in [0.15, 0.2) is 0 Å². The number of hydrogen-bond donors (Lipinski definition) is 1. The number of ether oxygens (including phenoxy) is 1. The molecule has 2 rings (SSSR count). The number of rotatable bonds is 5. The van der Waals surface area contributed by atoms with Gasteiger partial charge in [0.25, 0.3) is 5.69 Å². The number of hydrogen-bond acceptors (Lipinski definition) is 4. The van der Waals surface area contributed by atoms with E-state index in [2.05, 4.69) is 5.32 Å². The second-order valence-corrected chi connectivity index (χ2v) is 5.00. The van der Waals surface area contributed by atoms with E-state index < -0.39 is 4.92 Å². The Morgan fingerprint density at radius 2 is 2.29 bits per heavy atom. The van der Waals surface area contributed by atoms with Crippen LogP contribution in [0.4, 0.5) is 5.69 Å². The Balaban J connectivity index is 1.97. The average molecular weight is 290 g/mol. The van der Waals surface area contributed by atoms with Crippen LogP contribution in [0, 0.1) is 10.1 Å². The van der Waals surface area contributed by atoms with Crippen molar-refractivity contribution in [2.24, 2.45) is 0 Å². The first-order chi connectivity index (χ1) is 10.1. The Bertz CT molecular complexity index is 550. The maximum Gasteiger partial charge on any atom is 0.276 e. The predicted molar refractivity (Wildman–Crippen MR) is 78.7 cm³/mol. The van der Waals surface area contributed by atoms with Gasteiger partial charge in [-0.25, -0.2) is 0 Å². The van der Waals surface area contributed by atoms with E-state index in [0.717, 1.165) is 19.4 Å². The highest BCUT2D eigenvalue weighted by atomic mass is 16.6. The van der Waals surface area contributed by atoms with Crippen LogP contribution >= 0.6 is 0 Å². The number of amides is 1. The van der Waals surface area contributed by atoms with Gasteiger partial charge in [0.2, 0.25) is 5.91 Å². The summed E-state index contributed by atoms with van der Waals surface area (Å²) >= 11 is 0. The maximum absolute atomic E-state index is 11.8. The van der Waals surface area contributed by atoms with Crippen LogP contribution < -0.4 is 5.32 Å². The van der Waals surface area contributed by atoms with Gasteiger partial charge in [-0.3, -0.25) is 14.9 Å². The first-order valence-electron chi connectivity index (χ1n) is 6.91. The summed E-state index contributed by atoms with van der Waals surface area (Å²) in [5.41, 5.74) is 0.385. The van der Waals surface area contributed by atoms with Gasteiger partial charge < -0.3 is 10.1 Å². The Hall–Kier alpha value is -2.21. The van der Waals surface area contributed by atoms with Gasteiger partial charge in [0, 0.05) is 18.7 Å². The van der Waals surface area contributed by atoms with E-state index in [0.29, 0.717) is 5.56 Å². The molecule has 6 heteroatoms. The minimum absolute atomic E-state index is 0.0197. The Morgan fingerprint density at radius 3 is 2.95 bits per heavy atom. The molecule has 1 heterocycles. The zero-order valence-corrected chi connectivity index (χ0v) is 11.8. The second kappa shape index (κ2) is 6.99. The quantitative estimate of drug-likeness (QED) is 0.512. The zero-order chi connectivity index (χ0) is 15.2. The number of para-hydroxylation sites is 1. The highest BCUT2D eigenvalue weighted by molar-refractivity contribution is 5.92. The summed E-state index contributed by atoms with van der Waals surface area (Å²) in [6.07, 6.45) is 4.77. The van der Waals surface area contributed by atoms with Crippen molar-refractivity contribution in [1.82, 2.24) is 5.32 Å². The van der Waals surface area contributed by atoms with Gasteiger partial charge in [-0.15, -0.1) is 0 Å². The van der Waals surface area contributed by atoms with Crippen molar-refractivity contribution in [3.63, 3.8) is 0 Å². The van der Waals surface area contributed by atoms with E-state index in [1.807, 2.05) is 6.92 Å². The molecule has 0 radical (unpaired) electrons. The highest BCUT2D eigenvalue weighted by Gasteiger charge is 2.23. The molecule has 0 bridgehead atoms. The summed E-state index contributed by atoms with van der Waals surface area (Å²) in [5.74, 6) is -0.281.